The molecule has 276 valence electrons. The Labute approximate surface area is 300 Å². The number of ether oxygens (including phenoxy) is 3. The first-order valence-electron chi connectivity index (χ1n) is 19.0. The second-order valence-electron chi connectivity index (χ2n) is 13.0. The number of fused-ring (bicyclic) bond motifs is 1. The number of nitrogens with one attached hydrogen (secondary N) is 2. The number of nitrogens with zero attached hydrogens (tertiary/aromatic N) is 3. The molecular weight excluding hydrogens is 630 g/mol. The van der Waals surface area contributed by atoms with Crippen LogP contribution in [-0.2, 0) is 9.59 Å². The zero-order valence-electron chi connectivity index (χ0n) is 31.3. The number of aromatic nitrogens is 2. The molecule has 0 unspecified atom stereocenters. The molecule has 0 fully saturated rings. The van der Waals surface area contributed by atoms with Crippen molar-refractivity contribution < 1.29 is 23.8 Å². The van der Waals surface area contributed by atoms with Gasteiger partial charge in [-0.25, -0.2) is 9.97 Å². The van der Waals surface area contributed by atoms with E-state index in [0.717, 1.165) is 26.1 Å². The highest BCUT2D eigenvalue weighted by atomic mass is 16.5. The van der Waals surface area contributed by atoms with Crippen molar-refractivity contribution in [3.63, 3.8) is 0 Å². The molecule has 2 aromatic carbocycles. The molecule has 0 aliphatic carbocycles. The van der Waals surface area contributed by atoms with E-state index in [2.05, 4.69) is 39.3 Å². The summed E-state index contributed by atoms with van der Waals surface area (Å²) in [5, 5.41) is 6.79. The number of anilines is 3. The lowest BCUT2D eigenvalue weighted by atomic mass is 10.1. The van der Waals surface area contributed by atoms with Crippen LogP contribution >= 0.6 is 0 Å². The third-order valence-corrected chi connectivity index (χ3v) is 8.70. The largest absolute Gasteiger partial charge is 0.493 e. The van der Waals surface area contributed by atoms with Crippen molar-refractivity contribution >= 4 is 40.0 Å². The van der Waals surface area contributed by atoms with Crippen LogP contribution in [0, 0.1) is 0 Å². The van der Waals surface area contributed by atoms with Gasteiger partial charge >= 0.3 is 5.97 Å². The molecule has 0 saturated heterocycles. The quantitative estimate of drug-likeness (QED) is 0.0482. The van der Waals surface area contributed by atoms with Gasteiger partial charge in [-0.3, -0.25) is 9.59 Å². The molecule has 10 nitrogen and oxygen atoms in total. The van der Waals surface area contributed by atoms with Crippen LogP contribution < -0.4 is 24.8 Å². The Kier molecular flexibility index (Phi) is 19.0. The number of carbonyl (C=O) groups excluding carboxylic acids is 2. The van der Waals surface area contributed by atoms with Crippen molar-refractivity contribution in [3.05, 3.63) is 36.7 Å². The number of carbonyl (C=O) groups is 2. The van der Waals surface area contributed by atoms with E-state index in [1.807, 2.05) is 19.1 Å². The molecule has 50 heavy (non-hydrogen) atoms. The van der Waals surface area contributed by atoms with Crippen molar-refractivity contribution in [3.8, 4) is 17.2 Å². The van der Waals surface area contributed by atoms with E-state index < -0.39 is 0 Å². The van der Waals surface area contributed by atoms with Crippen LogP contribution in [0.1, 0.15) is 124 Å². The van der Waals surface area contributed by atoms with Crippen molar-refractivity contribution in [2.45, 2.75) is 124 Å². The van der Waals surface area contributed by atoms with E-state index in [1.165, 1.54) is 90.3 Å². The highest BCUT2D eigenvalue weighted by molar-refractivity contribution is 5.96. The molecule has 0 saturated carbocycles. The monoisotopic (exact) mass is 691 g/mol. The fourth-order valence-corrected chi connectivity index (χ4v) is 6.00. The van der Waals surface area contributed by atoms with Crippen LogP contribution in [0.25, 0.3) is 10.9 Å². The minimum absolute atomic E-state index is 0.226. The molecule has 3 aromatic rings. The smallest absolute Gasteiger partial charge is 0.311 e. The maximum Gasteiger partial charge on any atom is 0.311 e. The summed E-state index contributed by atoms with van der Waals surface area (Å²) in [4.78, 5) is 36.1. The molecule has 0 radical (unpaired) electrons. The molecule has 0 aliphatic rings. The van der Waals surface area contributed by atoms with Gasteiger partial charge in [-0.05, 0) is 57.0 Å². The number of unbranched alkanes of at least 4 members (excludes halogenated alkanes) is 10. The van der Waals surface area contributed by atoms with Crippen LogP contribution in [0.4, 0.5) is 17.2 Å². The summed E-state index contributed by atoms with van der Waals surface area (Å²) in [6.45, 7) is 11.7. The van der Waals surface area contributed by atoms with Crippen LogP contribution in [0.5, 0.6) is 17.2 Å². The summed E-state index contributed by atoms with van der Waals surface area (Å²) >= 11 is 0. The van der Waals surface area contributed by atoms with Crippen LogP contribution in [0.15, 0.2) is 36.7 Å². The number of methoxy groups -OCH3 is 1. The summed E-state index contributed by atoms with van der Waals surface area (Å²) in [5.41, 5.74) is 1.53. The molecule has 10 heteroatoms. The molecule has 1 amide bonds. The normalized spacial score (nSPS) is 11.2. The lowest BCUT2D eigenvalue weighted by molar-refractivity contribution is -0.134. The van der Waals surface area contributed by atoms with Gasteiger partial charge in [0, 0.05) is 31.3 Å². The second kappa shape index (κ2) is 23.5. The number of benzene rings is 2. The maximum atomic E-state index is 12.5. The molecule has 2 N–H and O–H groups in total. The average Bonchev–Trinajstić information content (AvgIpc) is 3.10. The Morgan fingerprint density at radius 3 is 2.04 bits per heavy atom. The topological polar surface area (TPSA) is 115 Å². The van der Waals surface area contributed by atoms with Gasteiger partial charge in [0.1, 0.15) is 12.1 Å². The maximum absolute atomic E-state index is 12.5. The number of hydrogen-bond donors (Lipinski definition) is 2. The Morgan fingerprint density at radius 2 is 1.40 bits per heavy atom. The molecule has 0 aliphatic heterocycles. The average molecular weight is 692 g/mol. The van der Waals surface area contributed by atoms with E-state index in [0.29, 0.717) is 52.6 Å². The molecule has 0 spiro atoms. The van der Waals surface area contributed by atoms with Crippen molar-refractivity contribution in [2.75, 3.05) is 44.0 Å². The highest BCUT2D eigenvalue weighted by Crippen LogP contribution is 2.39. The summed E-state index contributed by atoms with van der Waals surface area (Å²) < 4.78 is 17.8. The van der Waals surface area contributed by atoms with Crippen molar-refractivity contribution in [1.82, 2.24) is 14.9 Å². The van der Waals surface area contributed by atoms with Crippen LogP contribution in [-0.4, -0.2) is 60.1 Å². The Hall–Kier alpha value is -3.92. The van der Waals surface area contributed by atoms with Gasteiger partial charge in [0.2, 0.25) is 5.91 Å². The minimum Gasteiger partial charge on any atom is -0.493 e. The van der Waals surface area contributed by atoms with E-state index in [-0.39, 0.29) is 24.0 Å². The first kappa shape index (κ1) is 40.5. The van der Waals surface area contributed by atoms with Gasteiger partial charge in [-0.15, -0.1) is 0 Å². The van der Waals surface area contributed by atoms with Gasteiger partial charge in [-0.2, -0.15) is 0 Å². The highest BCUT2D eigenvalue weighted by Gasteiger charge is 2.18. The number of amides is 1. The predicted octanol–water partition coefficient (Wildman–Crippen LogP) is 9.84. The second-order valence-corrected chi connectivity index (χ2v) is 13.0. The molecule has 1 aromatic heterocycles. The fraction of sp³-hybridized carbons (Fsp3) is 0.600. The van der Waals surface area contributed by atoms with Gasteiger partial charge in [0.25, 0.3) is 0 Å². The van der Waals surface area contributed by atoms with Gasteiger partial charge in [0.15, 0.2) is 17.2 Å². The SMILES string of the molecule is CCCCCCCCN(CCCCCCCC)CCCOc1cc2c(Nc3cccc(NC(C)=O)c3OC(=O)CCC)ncnc2cc1OC. The number of hydrogen-bond acceptors (Lipinski definition) is 9. The predicted molar refractivity (Wildman–Crippen MR) is 204 cm³/mol. The molecule has 0 atom stereocenters. The summed E-state index contributed by atoms with van der Waals surface area (Å²) in [5.74, 6) is 1.27. The van der Waals surface area contributed by atoms with E-state index in [1.54, 1.807) is 25.3 Å². The molecule has 0 bridgehead atoms. The summed E-state index contributed by atoms with van der Waals surface area (Å²) in [7, 11) is 1.63. The lowest BCUT2D eigenvalue weighted by Gasteiger charge is -2.22. The number of para-hydroxylation sites is 1. The Morgan fingerprint density at radius 1 is 0.760 bits per heavy atom. The zero-order chi connectivity index (χ0) is 36.0. The summed E-state index contributed by atoms with van der Waals surface area (Å²) in [6.07, 6.45) is 18.9. The van der Waals surface area contributed by atoms with Gasteiger partial charge in [0.05, 0.1) is 30.6 Å². The molecule has 1 heterocycles. The standard InChI is InChI=1S/C40H61N5O5/c1-6-9-11-13-15-17-24-45(25-18-16-14-12-10-7-2)26-20-27-49-37-28-32-35(29-36(37)48-5)41-30-42-40(32)44-34-23-19-22-33(43-31(4)46)39(34)50-38(47)21-8-3/h19,22-23,28-30H,6-18,20-21,24-27H2,1-5H3,(H,43,46)(H,41,42,44). The van der Waals surface area contributed by atoms with Crippen LogP contribution in [0.2, 0.25) is 0 Å². The van der Waals surface area contributed by atoms with E-state index in [9.17, 15) is 9.59 Å². The van der Waals surface area contributed by atoms with Crippen molar-refractivity contribution in [2.24, 2.45) is 0 Å². The first-order chi connectivity index (χ1) is 24.4. The minimum atomic E-state index is -0.390. The van der Waals surface area contributed by atoms with Crippen LogP contribution in [0.3, 0.4) is 0 Å². The Bertz CT molecular complexity index is 1430. The van der Waals surface area contributed by atoms with Crippen molar-refractivity contribution in [1.29, 1.82) is 0 Å². The lowest BCUT2D eigenvalue weighted by Crippen LogP contribution is -2.28. The molecule has 3 rings (SSSR count). The number of esters is 1. The number of rotatable bonds is 26. The molecular formula is C40H61N5O5. The third-order valence-electron chi connectivity index (χ3n) is 8.70. The fourth-order valence-electron chi connectivity index (χ4n) is 6.00. The van der Waals surface area contributed by atoms with Gasteiger partial charge in [-0.1, -0.05) is 91.0 Å². The zero-order valence-corrected chi connectivity index (χ0v) is 31.3. The summed E-state index contributed by atoms with van der Waals surface area (Å²) in [6, 6.07) is 8.97. The van der Waals surface area contributed by atoms with E-state index in [4.69, 9.17) is 14.2 Å². The third kappa shape index (κ3) is 14.1. The Balaban J connectivity index is 1.72. The van der Waals surface area contributed by atoms with E-state index >= 15 is 0 Å². The first-order valence-corrected chi connectivity index (χ1v) is 19.0. The van der Waals surface area contributed by atoms with Gasteiger partial charge < -0.3 is 29.7 Å².